The highest BCUT2D eigenvalue weighted by Gasteiger charge is 2.19. The fraction of sp³-hybridized carbons (Fsp3) is 0.160. The lowest BCUT2D eigenvalue weighted by molar-refractivity contribution is 0.104. The molecule has 166 valence electrons. The summed E-state index contributed by atoms with van der Waals surface area (Å²) in [5.74, 6) is 1.87. The quantitative estimate of drug-likeness (QED) is 0.235. The molecule has 0 radical (unpaired) electrons. The van der Waals surface area contributed by atoms with Gasteiger partial charge in [0.25, 0.3) is 0 Å². The minimum absolute atomic E-state index is 0.129. The van der Waals surface area contributed by atoms with Crippen molar-refractivity contribution in [3.8, 4) is 17.2 Å². The van der Waals surface area contributed by atoms with E-state index in [1.165, 1.54) is 11.8 Å². The highest BCUT2D eigenvalue weighted by atomic mass is 35.5. The predicted octanol–water partition coefficient (Wildman–Crippen LogP) is 7.18. The summed E-state index contributed by atoms with van der Waals surface area (Å²) in [6.45, 7) is 0. The van der Waals surface area contributed by atoms with Gasteiger partial charge in [-0.05, 0) is 54.1 Å². The molecule has 0 saturated heterocycles. The van der Waals surface area contributed by atoms with Gasteiger partial charge in [-0.1, -0.05) is 41.4 Å². The minimum atomic E-state index is -0.129. The second-order valence-corrected chi connectivity index (χ2v) is 8.51. The zero-order chi connectivity index (χ0) is 23.1. The molecule has 0 aliphatic carbocycles. The number of ether oxygens (including phenoxy) is 3. The molecule has 0 amide bonds. The van der Waals surface area contributed by atoms with Gasteiger partial charge in [0, 0.05) is 26.9 Å². The first-order chi connectivity index (χ1) is 15.5. The Kier molecular flexibility index (Phi) is 8.51. The van der Waals surface area contributed by atoms with Crippen molar-refractivity contribution >= 4 is 46.8 Å². The second-order valence-electron chi connectivity index (χ2n) is 6.65. The molecule has 0 atom stereocenters. The number of methoxy groups -OCH3 is 3. The first kappa shape index (κ1) is 24.1. The van der Waals surface area contributed by atoms with Gasteiger partial charge >= 0.3 is 0 Å². The molecular formula is C25H22Cl2O4S. The van der Waals surface area contributed by atoms with E-state index < -0.39 is 0 Å². The molecule has 0 aromatic heterocycles. The summed E-state index contributed by atoms with van der Waals surface area (Å²) in [4.78, 5) is 13.9. The van der Waals surface area contributed by atoms with Gasteiger partial charge in [0.15, 0.2) is 17.3 Å². The number of halogens is 2. The van der Waals surface area contributed by atoms with Gasteiger partial charge < -0.3 is 14.2 Å². The van der Waals surface area contributed by atoms with Crippen molar-refractivity contribution in [2.45, 2.75) is 5.75 Å². The number of benzene rings is 3. The summed E-state index contributed by atoms with van der Waals surface area (Å²) in [6, 6.07) is 18.0. The molecule has 0 bridgehead atoms. The van der Waals surface area contributed by atoms with Gasteiger partial charge in [-0.2, -0.15) is 0 Å². The molecule has 3 aromatic carbocycles. The summed E-state index contributed by atoms with van der Waals surface area (Å²) in [7, 11) is 4.65. The molecule has 0 N–H and O–H groups in total. The fourth-order valence-corrected chi connectivity index (χ4v) is 4.50. The van der Waals surface area contributed by atoms with Crippen LogP contribution in [0.15, 0.2) is 65.6 Å². The molecular weight excluding hydrogens is 467 g/mol. The summed E-state index contributed by atoms with van der Waals surface area (Å²) < 4.78 is 16.4. The zero-order valence-electron chi connectivity index (χ0n) is 17.9. The maximum Gasteiger partial charge on any atom is 0.203 e. The maximum absolute atomic E-state index is 13.4. The summed E-state index contributed by atoms with van der Waals surface area (Å²) in [6.07, 6.45) is 1.79. The van der Waals surface area contributed by atoms with Gasteiger partial charge in [-0.25, -0.2) is 0 Å². The third kappa shape index (κ3) is 5.60. The highest BCUT2D eigenvalue weighted by Crippen LogP contribution is 2.41. The Morgan fingerprint density at radius 3 is 2.19 bits per heavy atom. The van der Waals surface area contributed by atoms with Crippen molar-refractivity contribution in [3.63, 3.8) is 0 Å². The smallest absolute Gasteiger partial charge is 0.203 e. The Balaban J connectivity index is 2.05. The number of carbonyl (C=O) groups excluding carboxylic acids is 1. The second kappa shape index (κ2) is 11.3. The molecule has 3 rings (SSSR count). The summed E-state index contributed by atoms with van der Waals surface area (Å²) in [5.41, 5.74) is 2.16. The van der Waals surface area contributed by atoms with Gasteiger partial charge in [0.1, 0.15) is 0 Å². The Hall–Kier alpha value is -2.60. The van der Waals surface area contributed by atoms with Crippen LogP contribution in [0.4, 0.5) is 0 Å². The summed E-state index contributed by atoms with van der Waals surface area (Å²) in [5, 5.41) is 1.22. The Bertz CT molecular complexity index is 1130. The molecule has 0 unspecified atom stereocenters. The van der Waals surface area contributed by atoms with E-state index in [0.717, 1.165) is 5.56 Å². The van der Waals surface area contributed by atoms with E-state index in [1.807, 2.05) is 30.3 Å². The summed E-state index contributed by atoms with van der Waals surface area (Å²) >= 11 is 13.7. The first-order valence-electron chi connectivity index (χ1n) is 9.65. The number of Topliss-reactive ketones (excluding diaryl/α,β-unsaturated/α-hetero) is 1. The van der Waals surface area contributed by atoms with Crippen molar-refractivity contribution in [2.24, 2.45) is 0 Å². The van der Waals surface area contributed by atoms with Crippen LogP contribution in [0, 0.1) is 0 Å². The van der Waals surface area contributed by atoms with E-state index in [4.69, 9.17) is 37.4 Å². The Morgan fingerprint density at radius 2 is 1.56 bits per heavy atom. The van der Waals surface area contributed by atoms with E-state index >= 15 is 0 Å². The average Bonchev–Trinajstić information content (AvgIpc) is 2.82. The van der Waals surface area contributed by atoms with Crippen molar-refractivity contribution in [3.05, 3.63) is 92.3 Å². The van der Waals surface area contributed by atoms with Crippen LogP contribution in [0.25, 0.3) is 6.08 Å². The number of ketones is 1. The lowest BCUT2D eigenvalue weighted by atomic mass is 10.1. The Morgan fingerprint density at radius 1 is 0.875 bits per heavy atom. The van der Waals surface area contributed by atoms with Crippen molar-refractivity contribution in [1.29, 1.82) is 0 Å². The SMILES string of the molecule is COc1ccc(/C=C(/SCc2ccccc2Cl)C(=O)c2ccc(Cl)cc2)c(OC)c1OC. The lowest BCUT2D eigenvalue weighted by Crippen LogP contribution is -2.02. The van der Waals surface area contributed by atoms with Gasteiger partial charge in [0.05, 0.1) is 26.2 Å². The number of allylic oxidation sites excluding steroid dienone is 1. The van der Waals surface area contributed by atoms with E-state index in [9.17, 15) is 4.79 Å². The van der Waals surface area contributed by atoms with Gasteiger partial charge in [0.2, 0.25) is 5.75 Å². The largest absolute Gasteiger partial charge is 0.493 e. The molecule has 0 aliphatic rings. The van der Waals surface area contributed by atoms with Crippen LogP contribution >= 0.6 is 35.0 Å². The van der Waals surface area contributed by atoms with E-state index in [0.29, 0.717) is 49.1 Å². The molecule has 0 spiro atoms. The number of thioether (sulfide) groups is 1. The lowest BCUT2D eigenvalue weighted by Gasteiger charge is -2.15. The molecule has 0 fully saturated rings. The molecule has 32 heavy (non-hydrogen) atoms. The zero-order valence-corrected chi connectivity index (χ0v) is 20.2. The van der Waals surface area contributed by atoms with Crippen LogP contribution < -0.4 is 14.2 Å². The van der Waals surface area contributed by atoms with Crippen molar-refractivity contribution in [2.75, 3.05) is 21.3 Å². The number of rotatable bonds is 9. The van der Waals surface area contributed by atoms with Crippen LogP contribution in [0.1, 0.15) is 21.5 Å². The number of hydrogen-bond acceptors (Lipinski definition) is 5. The van der Waals surface area contributed by atoms with Crippen LogP contribution in [0.3, 0.4) is 0 Å². The third-order valence-corrected chi connectivity index (χ3v) is 6.38. The maximum atomic E-state index is 13.4. The molecule has 3 aromatic rings. The minimum Gasteiger partial charge on any atom is -0.493 e. The Labute approximate surface area is 202 Å². The monoisotopic (exact) mass is 488 g/mol. The van der Waals surface area contributed by atoms with Crippen LogP contribution in [-0.4, -0.2) is 27.1 Å². The van der Waals surface area contributed by atoms with Gasteiger partial charge in [-0.3, -0.25) is 4.79 Å². The predicted molar refractivity (Wildman–Crippen MR) is 133 cm³/mol. The molecule has 0 heterocycles. The van der Waals surface area contributed by atoms with Crippen LogP contribution in [0.2, 0.25) is 10.0 Å². The van der Waals surface area contributed by atoms with Crippen LogP contribution in [0.5, 0.6) is 17.2 Å². The van der Waals surface area contributed by atoms with Crippen LogP contribution in [-0.2, 0) is 5.75 Å². The van der Waals surface area contributed by atoms with E-state index in [1.54, 1.807) is 57.7 Å². The highest BCUT2D eigenvalue weighted by molar-refractivity contribution is 8.03. The molecule has 7 heteroatoms. The van der Waals surface area contributed by atoms with Gasteiger partial charge in [-0.15, -0.1) is 11.8 Å². The molecule has 0 saturated carbocycles. The first-order valence-corrected chi connectivity index (χ1v) is 11.4. The number of hydrogen-bond donors (Lipinski definition) is 0. The molecule has 0 aliphatic heterocycles. The van der Waals surface area contributed by atoms with Crippen molar-refractivity contribution < 1.29 is 19.0 Å². The van der Waals surface area contributed by atoms with E-state index in [-0.39, 0.29) is 5.78 Å². The average molecular weight is 489 g/mol. The van der Waals surface area contributed by atoms with E-state index in [2.05, 4.69) is 0 Å². The fourth-order valence-electron chi connectivity index (χ4n) is 3.07. The number of carbonyl (C=O) groups is 1. The standard InChI is InChI=1S/C25H22Cl2O4S/c1-29-21-13-10-17(24(30-2)25(21)31-3)14-22(23(28)16-8-11-19(26)12-9-16)32-15-18-6-4-5-7-20(18)27/h4-14H,15H2,1-3H3/b22-14+. The normalized spacial score (nSPS) is 11.2. The van der Waals surface area contributed by atoms with Crippen molar-refractivity contribution in [1.82, 2.24) is 0 Å². The molecule has 4 nitrogen and oxygen atoms in total. The third-order valence-electron chi connectivity index (χ3n) is 4.69. The topological polar surface area (TPSA) is 44.8 Å².